The number of ether oxygens (including phenoxy) is 2. The first-order valence-electron chi connectivity index (χ1n) is 7.00. The van der Waals surface area contributed by atoms with Crippen molar-refractivity contribution >= 4 is 17.7 Å². The van der Waals surface area contributed by atoms with E-state index in [1.165, 1.54) is 7.11 Å². The Kier molecular flexibility index (Phi) is 6.04. The van der Waals surface area contributed by atoms with Crippen LogP contribution in [0, 0.1) is 0 Å². The van der Waals surface area contributed by atoms with Crippen molar-refractivity contribution in [3.05, 3.63) is 64.7 Å². The average molecular weight is 316 g/mol. The molecule has 0 saturated heterocycles. The number of carbonyl (C=O) groups is 1. The van der Waals surface area contributed by atoms with E-state index in [9.17, 15) is 4.79 Å². The summed E-state index contributed by atoms with van der Waals surface area (Å²) in [5.74, 6) is -0.299. The molecule has 0 aliphatic heterocycles. The third kappa shape index (κ3) is 3.90. The summed E-state index contributed by atoms with van der Waals surface area (Å²) in [7, 11) is 3.10. The van der Waals surface area contributed by atoms with E-state index in [1.54, 1.807) is 18.9 Å². The van der Waals surface area contributed by atoms with Gasteiger partial charge in [-0.1, -0.05) is 24.3 Å². The van der Waals surface area contributed by atoms with E-state index in [-0.39, 0.29) is 5.97 Å². The van der Waals surface area contributed by atoms with Crippen LogP contribution in [0.25, 0.3) is 0 Å². The molecule has 0 aromatic heterocycles. The van der Waals surface area contributed by atoms with Crippen LogP contribution in [0.5, 0.6) is 0 Å². The minimum absolute atomic E-state index is 0.299. The van der Waals surface area contributed by atoms with E-state index >= 15 is 0 Å². The maximum atomic E-state index is 12.0. The fourth-order valence-corrected chi connectivity index (χ4v) is 2.85. The molecule has 4 heteroatoms. The zero-order valence-corrected chi connectivity index (χ0v) is 13.9. The van der Waals surface area contributed by atoms with Gasteiger partial charge in [-0.2, -0.15) is 0 Å². The summed E-state index contributed by atoms with van der Waals surface area (Å²) in [4.78, 5) is 13.1. The Morgan fingerprint density at radius 3 is 2.41 bits per heavy atom. The van der Waals surface area contributed by atoms with E-state index in [0.29, 0.717) is 18.6 Å². The summed E-state index contributed by atoms with van der Waals surface area (Å²) in [5, 5.41) is 0. The molecule has 0 spiro atoms. The number of thioether (sulfide) groups is 1. The van der Waals surface area contributed by atoms with Crippen LogP contribution < -0.4 is 0 Å². The van der Waals surface area contributed by atoms with Gasteiger partial charge in [0.2, 0.25) is 0 Å². The quantitative estimate of drug-likeness (QED) is 0.597. The molecule has 0 bridgehead atoms. The van der Waals surface area contributed by atoms with Crippen molar-refractivity contribution in [3.8, 4) is 0 Å². The van der Waals surface area contributed by atoms with E-state index in [0.717, 1.165) is 21.6 Å². The minimum atomic E-state index is -0.299. The van der Waals surface area contributed by atoms with Gasteiger partial charge in [-0.25, -0.2) is 4.79 Å². The van der Waals surface area contributed by atoms with Crippen molar-refractivity contribution in [2.45, 2.75) is 17.9 Å². The summed E-state index contributed by atoms with van der Waals surface area (Å²) in [6.45, 7) is 0.561. The van der Waals surface area contributed by atoms with Gasteiger partial charge in [-0.3, -0.25) is 0 Å². The predicted molar refractivity (Wildman–Crippen MR) is 89.5 cm³/mol. The maximum Gasteiger partial charge on any atom is 0.338 e. The molecule has 0 amide bonds. The third-order valence-corrected chi connectivity index (χ3v) is 4.24. The van der Waals surface area contributed by atoms with Crippen LogP contribution in [0.2, 0.25) is 0 Å². The van der Waals surface area contributed by atoms with Crippen LogP contribution in [0.3, 0.4) is 0 Å². The molecule has 0 unspecified atom stereocenters. The lowest BCUT2D eigenvalue weighted by atomic mass is 9.96. The molecule has 2 rings (SSSR count). The van der Waals surface area contributed by atoms with Crippen LogP contribution in [0.1, 0.15) is 27.0 Å². The van der Waals surface area contributed by atoms with Crippen LogP contribution in [-0.4, -0.2) is 26.4 Å². The largest absolute Gasteiger partial charge is 0.465 e. The highest BCUT2D eigenvalue weighted by Crippen LogP contribution is 2.24. The molecule has 2 aromatic rings. The van der Waals surface area contributed by atoms with E-state index in [2.05, 4.69) is 18.2 Å². The normalized spacial score (nSPS) is 10.5. The Balaban J connectivity index is 2.41. The third-order valence-electron chi connectivity index (χ3n) is 3.52. The SMILES string of the molecule is COCc1ccccc1Cc1cc(SC)ccc1C(=O)OC. The van der Waals surface area contributed by atoms with Crippen molar-refractivity contribution < 1.29 is 14.3 Å². The van der Waals surface area contributed by atoms with Gasteiger partial charge in [0.1, 0.15) is 0 Å². The zero-order valence-electron chi connectivity index (χ0n) is 13.1. The van der Waals surface area contributed by atoms with Crippen molar-refractivity contribution in [2.24, 2.45) is 0 Å². The second-order valence-electron chi connectivity index (χ2n) is 4.89. The number of rotatable bonds is 6. The first-order chi connectivity index (χ1) is 10.7. The number of benzene rings is 2. The second kappa shape index (κ2) is 8.01. The van der Waals surface area contributed by atoms with E-state index < -0.39 is 0 Å². The molecule has 0 N–H and O–H groups in total. The molecule has 116 valence electrons. The Bertz CT molecular complexity index is 653. The van der Waals surface area contributed by atoms with Gasteiger partial charge in [-0.05, 0) is 47.6 Å². The Labute approximate surface area is 135 Å². The number of hydrogen-bond donors (Lipinski definition) is 0. The highest BCUT2D eigenvalue weighted by Gasteiger charge is 2.14. The minimum Gasteiger partial charge on any atom is -0.465 e. The van der Waals surface area contributed by atoms with Gasteiger partial charge in [0, 0.05) is 12.0 Å². The van der Waals surface area contributed by atoms with Crippen LogP contribution in [0.4, 0.5) is 0 Å². The molecule has 0 saturated carbocycles. The molecule has 0 atom stereocenters. The van der Waals surface area contributed by atoms with Crippen LogP contribution >= 0.6 is 11.8 Å². The van der Waals surface area contributed by atoms with Crippen molar-refractivity contribution in [2.75, 3.05) is 20.5 Å². The van der Waals surface area contributed by atoms with Crippen LogP contribution in [0.15, 0.2) is 47.4 Å². The highest BCUT2D eigenvalue weighted by molar-refractivity contribution is 7.98. The lowest BCUT2D eigenvalue weighted by molar-refractivity contribution is 0.0599. The Morgan fingerprint density at radius 2 is 1.77 bits per heavy atom. The molecule has 0 aliphatic carbocycles. The number of hydrogen-bond acceptors (Lipinski definition) is 4. The lowest BCUT2D eigenvalue weighted by Crippen LogP contribution is -2.07. The maximum absolute atomic E-state index is 12.0. The first kappa shape index (κ1) is 16.6. The molecular formula is C18H20O3S. The molecule has 2 aromatic carbocycles. The molecule has 0 fully saturated rings. The van der Waals surface area contributed by atoms with Gasteiger partial charge in [0.25, 0.3) is 0 Å². The summed E-state index contributed by atoms with van der Waals surface area (Å²) in [6.07, 6.45) is 2.70. The van der Waals surface area contributed by atoms with Gasteiger partial charge in [-0.15, -0.1) is 11.8 Å². The van der Waals surface area contributed by atoms with Crippen molar-refractivity contribution in [1.82, 2.24) is 0 Å². The average Bonchev–Trinajstić information content (AvgIpc) is 2.56. The fourth-order valence-electron chi connectivity index (χ4n) is 2.38. The summed E-state index contributed by atoms with van der Waals surface area (Å²) >= 11 is 1.66. The predicted octanol–water partition coefficient (Wildman–Crippen LogP) is 3.93. The summed E-state index contributed by atoms with van der Waals surface area (Å²) in [6, 6.07) is 14.0. The number of esters is 1. The summed E-state index contributed by atoms with van der Waals surface area (Å²) < 4.78 is 10.1. The fraction of sp³-hybridized carbons (Fsp3) is 0.278. The van der Waals surface area contributed by atoms with Gasteiger partial charge >= 0.3 is 5.97 Å². The highest BCUT2D eigenvalue weighted by atomic mass is 32.2. The smallest absolute Gasteiger partial charge is 0.338 e. The first-order valence-corrected chi connectivity index (χ1v) is 8.23. The van der Waals surface area contributed by atoms with Crippen LogP contribution in [-0.2, 0) is 22.5 Å². The van der Waals surface area contributed by atoms with E-state index in [1.807, 2.05) is 30.5 Å². The monoisotopic (exact) mass is 316 g/mol. The standard InChI is InChI=1S/C18H20O3S/c1-20-12-14-7-5-4-6-13(14)10-15-11-16(22-3)8-9-17(15)18(19)21-2/h4-9,11H,10,12H2,1-3H3. The molecule has 0 radical (unpaired) electrons. The summed E-state index contributed by atoms with van der Waals surface area (Å²) in [5.41, 5.74) is 3.89. The number of methoxy groups -OCH3 is 2. The van der Waals surface area contributed by atoms with E-state index in [4.69, 9.17) is 9.47 Å². The molecule has 3 nitrogen and oxygen atoms in total. The number of carbonyl (C=O) groups excluding carboxylic acids is 1. The molecule has 22 heavy (non-hydrogen) atoms. The van der Waals surface area contributed by atoms with Gasteiger partial charge < -0.3 is 9.47 Å². The van der Waals surface area contributed by atoms with Gasteiger partial charge in [0.05, 0.1) is 19.3 Å². The van der Waals surface area contributed by atoms with Crippen molar-refractivity contribution in [3.63, 3.8) is 0 Å². The molecule has 0 aliphatic rings. The zero-order chi connectivity index (χ0) is 15.9. The Hall–Kier alpha value is -1.78. The second-order valence-corrected chi connectivity index (χ2v) is 5.77. The lowest BCUT2D eigenvalue weighted by Gasteiger charge is -2.13. The Morgan fingerprint density at radius 1 is 1.05 bits per heavy atom. The van der Waals surface area contributed by atoms with Crippen molar-refractivity contribution in [1.29, 1.82) is 0 Å². The van der Waals surface area contributed by atoms with Gasteiger partial charge in [0.15, 0.2) is 0 Å². The molecular weight excluding hydrogens is 296 g/mol. The molecule has 0 heterocycles. The topological polar surface area (TPSA) is 35.5 Å².